The summed E-state index contributed by atoms with van der Waals surface area (Å²) in [5.74, 6) is 0.927. The molecule has 19 heavy (non-hydrogen) atoms. The third-order valence-electron chi connectivity index (χ3n) is 3.15. The van der Waals surface area contributed by atoms with Crippen LogP contribution >= 0.6 is 22.7 Å². The second kappa shape index (κ2) is 4.90. The summed E-state index contributed by atoms with van der Waals surface area (Å²) in [4.78, 5) is 11.0. The standard InChI is InChI=1S/C14H15N3S2/c1-14(2,11-4-3-6-18-11)8-15-12-10-5-7-19-13(10)17-9-16-12/h3-7,9H,8H2,1-2H3,(H,15,16,17). The van der Waals surface area contributed by atoms with E-state index in [9.17, 15) is 0 Å². The molecule has 1 N–H and O–H groups in total. The third-order valence-corrected chi connectivity index (χ3v) is 5.20. The molecule has 3 nitrogen and oxygen atoms in total. The van der Waals surface area contributed by atoms with Gasteiger partial charge in [0.1, 0.15) is 17.0 Å². The first kappa shape index (κ1) is 12.6. The molecule has 0 saturated carbocycles. The van der Waals surface area contributed by atoms with Crippen molar-refractivity contribution in [3.63, 3.8) is 0 Å². The van der Waals surface area contributed by atoms with Gasteiger partial charge in [-0.1, -0.05) is 19.9 Å². The molecule has 0 unspecified atom stereocenters. The maximum Gasteiger partial charge on any atom is 0.138 e. The Morgan fingerprint density at radius 3 is 2.84 bits per heavy atom. The normalized spacial score (nSPS) is 11.9. The van der Waals surface area contributed by atoms with Gasteiger partial charge in [0.05, 0.1) is 5.39 Å². The van der Waals surface area contributed by atoms with Gasteiger partial charge in [-0.05, 0) is 22.9 Å². The molecular weight excluding hydrogens is 274 g/mol. The van der Waals surface area contributed by atoms with Gasteiger partial charge in [-0.15, -0.1) is 22.7 Å². The van der Waals surface area contributed by atoms with Crippen molar-refractivity contribution in [2.45, 2.75) is 19.3 Å². The number of anilines is 1. The smallest absolute Gasteiger partial charge is 0.138 e. The van der Waals surface area contributed by atoms with E-state index >= 15 is 0 Å². The Hall–Kier alpha value is -1.46. The molecule has 3 rings (SSSR count). The largest absolute Gasteiger partial charge is 0.369 e. The van der Waals surface area contributed by atoms with Gasteiger partial charge < -0.3 is 5.32 Å². The van der Waals surface area contributed by atoms with Crippen molar-refractivity contribution in [3.8, 4) is 0 Å². The molecule has 0 aliphatic rings. The predicted octanol–water partition coefficient (Wildman–Crippen LogP) is 4.14. The molecule has 0 radical (unpaired) electrons. The highest BCUT2D eigenvalue weighted by Crippen LogP contribution is 2.29. The van der Waals surface area contributed by atoms with E-state index in [2.05, 4.69) is 58.1 Å². The molecule has 3 aromatic rings. The summed E-state index contributed by atoms with van der Waals surface area (Å²) in [6, 6.07) is 6.36. The average Bonchev–Trinajstić information content (AvgIpc) is 3.07. The van der Waals surface area contributed by atoms with E-state index in [4.69, 9.17) is 0 Å². The van der Waals surface area contributed by atoms with E-state index in [0.29, 0.717) is 0 Å². The number of fused-ring (bicyclic) bond motifs is 1. The number of rotatable bonds is 4. The van der Waals surface area contributed by atoms with Crippen LogP contribution in [0.5, 0.6) is 0 Å². The lowest BCUT2D eigenvalue weighted by Crippen LogP contribution is -2.26. The fourth-order valence-corrected chi connectivity index (χ4v) is 3.57. The molecule has 0 bridgehead atoms. The lowest BCUT2D eigenvalue weighted by atomic mass is 9.91. The van der Waals surface area contributed by atoms with Crippen molar-refractivity contribution in [2.24, 2.45) is 0 Å². The van der Waals surface area contributed by atoms with Crippen molar-refractivity contribution in [1.82, 2.24) is 9.97 Å². The highest BCUT2D eigenvalue weighted by Gasteiger charge is 2.22. The molecule has 0 fully saturated rings. The molecule has 0 aliphatic heterocycles. The average molecular weight is 289 g/mol. The number of nitrogens with zero attached hydrogens (tertiary/aromatic N) is 2. The van der Waals surface area contributed by atoms with Gasteiger partial charge >= 0.3 is 0 Å². The van der Waals surface area contributed by atoms with Crippen molar-refractivity contribution < 1.29 is 0 Å². The fraction of sp³-hybridized carbons (Fsp3) is 0.286. The summed E-state index contributed by atoms with van der Waals surface area (Å²) in [5.41, 5.74) is 0.0987. The number of hydrogen-bond acceptors (Lipinski definition) is 5. The van der Waals surface area contributed by atoms with Gasteiger partial charge in [0.2, 0.25) is 0 Å². The minimum Gasteiger partial charge on any atom is -0.369 e. The monoisotopic (exact) mass is 289 g/mol. The molecule has 3 heterocycles. The van der Waals surface area contributed by atoms with Crippen molar-refractivity contribution >= 4 is 38.7 Å². The van der Waals surface area contributed by atoms with Crippen LogP contribution in [0.15, 0.2) is 35.3 Å². The van der Waals surface area contributed by atoms with Gasteiger partial charge in [0.25, 0.3) is 0 Å². The molecule has 3 aromatic heterocycles. The van der Waals surface area contributed by atoms with Crippen LogP contribution in [0.4, 0.5) is 5.82 Å². The summed E-state index contributed by atoms with van der Waals surface area (Å²) < 4.78 is 0. The maximum absolute atomic E-state index is 4.35. The summed E-state index contributed by atoms with van der Waals surface area (Å²) in [7, 11) is 0. The maximum atomic E-state index is 4.35. The zero-order valence-corrected chi connectivity index (χ0v) is 12.5. The SMILES string of the molecule is CC(C)(CNc1ncnc2sccc12)c1cccs1. The molecule has 5 heteroatoms. The summed E-state index contributed by atoms with van der Waals surface area (Å²) in [6.45, 7) is 5.35. The predicted molar refractivity (Wildman–Crippen MR) is 83.2 cm³/mol. The van der Waals surface area contributed by atoms with Crippen LogP contribution in [0.3, 0.4) is 0 Å². The molecule has 0 saturated heterocycles. The highest BCUT2D eigenvalue weighted by atomic mass is 32.1. The quantitative estimate of drug-likeness (QED) is 0.784. The minimum atomic E-state index is 0.0987. The van der Waals surface area contributed by atoms with E-state index in [1.807, 2.05) is 0 Å². The van der Waals surface area contributed by atoms with Crippen LogP contribution in [0.2, 0.25) is 0 Å². The zero-order valence-electron chi connectivity index (χ0n) is 10.9. The van der Waals surface area contributed by atoms with Gasteiger partial charge in [-0.25, -0.2) is 9.97 Å². The molecule has 98 valence electrons. The highest BCUT2D eigenvalue weighted by molar-refractivity contribution is 7.16. The second-order valence-electron chi connectivity index (χ2n) is 5.08. The number of thiophene rings is 2. The summed E-state index contributed by atoms with van der Waals surface area (Å²) in [6.07, 6.45) is 1.62. The van der Waals surface area contributed by atoms with E-state index in [0.717, 1.165) is 22.6 Å². The molecule has 0 atom stereocenters. The molecule has 0 aromatic carbocycles. The van der Waals surface area contributed by atoms with Crippen LogP contribution in [0, 0.1) is 0 Å². The Bertz CT molecular complexity index is 671. The summed E-state index contributed by atoms with van der Waals surface area (Å²) in [5, 5.41) is 8.74. The topological polar surface area (TPSA) is 37.8 Å². The van der Waals surface area contributed by atoms with Crippen LogP contribution in [-0.4, -0.2) is 16.5 Å². The van der Waals surface area contributed by atoms with E-state index < -0.39 is 0 Å². The van der Waals surface area contributed by atoms with Crippen LogP contribution in [-0.2, 0) is 5.41 Å². The lowest BCUT2D eigenvalue weighted by Gasteiger charge is -2.24. The molecule has 0 amide bonds. The molecular formula is C14H15N3S2. The molecule has 0 aliphatic carbocycles. The summed E-state index contributed by atoms with van der Waals surface area (Å²) >= 11 is 3.44. The van der Waals surface area contributed by atoms with Gasteiger partial charge in [-0.2, -0.15) is 0 Å². The first-order valence-electron chi connectivity index (χ1n) is 6.13. The minimum absolute atomic E-state index is 0.0987. The van der Waals surface area contributed by atoms with Gasteiger partial charge in [0.15, 0.2) is 0 Å². The van der Waals surface area contributed by atoms with E-state index in [1.54, 1.807) is 29.0 Å². The Labute approximate surface area is 120 Å². The van der Waals surface area contributed by atoms with E-state index in [-0.39, 0.29) is 5.41 Å². The van der Waals surface area contributed by atoms with Crippen LogP contribution in [0.1, 0.15) is 18.7 Å². The first-order chi connectivity index (χ1) is 9.17. The Balaban J connectivity index is 1.81. The Morgan fingerprint density at radius 1 is 1.16 bits per heavy atom. The number of aromatic nitrogens is 2. The first-order valence-corrected chi connectivity index (χ1v) is 7.89. The van der Waals surface area contributed by atoms with Gasteiger partial charge in [0, 0.05) is 16.8 Å². The molecule has 0 spiro atoms. The van der Waals surface area contributed by atoms with Crippen molar-refractivity contribution in [3.05, 3.63) is 40.2 Å². The number of nitrogens with one attached hydrogen (secondary N) is 1. The van der Waals surface area contributed by atoms with Gasteiger partial charge in [-0.3, -0.25) is 0 Å². The Morgan fingerprint density at radius 2 is 2.05 bits per heavy atom. The van der Waals surface area contributed by atoms with Crippen LogP contribution < -0.4 is 5.32 Å². The Kier molecular flexibility index (Phi) is 3.24. The lowest BCUT2D eigenvalue weighted by molar-refractivity contribution is 0.568. The van der Waals surface area contributed by atoms with Crippen molar-refractivity contribution in [1.29, 1.82) is 0 Å². The third kappa shape index (κ3) is 2.48. The van der Waals surface area contributed by atoms with Crippen LogP contribution in [0.25, 0.3) is 10.2 Å². The van der Waals surface area contributed by atoms with Crippen molar-refractivity contribution in [2.75, 3.05) is 11.9 Å². The zero-order chi connectivity index (χ0) is 13.3. The number of hydrogen-bond donors (Lipinski definition) is 1. The van der Waals surface area contributed by atoms with E-state index in [1.165, 1.54) is 4.88 Å². The second-order valence-corrected chi connectivity index (χ2v) is 6.92. The fourth-order valence-electron chi connectivity index (χ4n) is 1.99.